The molecule has 1 heterocycles. The van der Waals surface area contributed by atoms with E-state index in [9.17, 15) is 14.7 Å². The first-order valence-electron chi connectivity index (χ1n) is 6.55. The van der Waals surface area contributed by atoms with Crippen LogP contribution in [0.5, 0.6) is 0 Å². The Bertz CT molecular complexity index is 360. The summed E-state index contributed by atoms with van der Waals surface area (Å²) in [6.07, 6.45) is 3.44. The van der Waals surface area contributed by atoms with Crippen LogP contribution in [-0.2, 0) is 9.53 Å². The number of hydrogen-bond acceptors (Lipinski definition) is 3. The van der Waals surface area contributed by atoms with Gasteiger partial charge in [0.05, 0.1) is 0 Å². The van der Waals surface area contributed by atoms with Gasteiger partial charge in [0.1, 0.15) is 11.6 Å². The Morgan fingerprint density at radius 3 is 2.39 bits per heavy atom. The maximum Gasteiger partial charge on any atom is 0.411 e. The van der Waals surface area contributed by atoms with Crippen molar-refractivity contribution in [3.63, 3.8) is 0 Å². The fraction of sp³-hybridized carbons (Fsp3) is 0.846. The lowest BCUT2D eigenvalue weighted by molar-refractivity contribution is -0.162. The van der Waals surface area contributed by atoms with E-state index in [0.29, 0.717) is 0 Å². The van der Waals surface area contributed by atoms with Gasteiger partial charge in [0.15, 0.2) is 0 Å². The van der Waals surface area contributed by atoms with E-state index < -0.39 is 23.7 Å². The van der Waals surface area contributed by atoms with Crippen molar-refractivity contribution in [3.05, 3.63) is 0 Å². The number of carboxylic acids is 1. The standard InChI is InChI=1S/C13H21NO4/c1-13(2,3)18-12(17)14-9-7-5-4-6-8(9)10(14)11(15)16/h8-10H,4-7H2,1-3H3,(H,15,16). The summed E-state index contributed by atoms with van der Waals surface area (Å²) in [5.41, 5.74) is -0.583. The van der Waals surface area contributed by atoms with E-state index in [2.05, 4.69) is 0 Å². The van der Waals surface area contributed by atoms with Crippen molar-refractivity contribution in [1.82, 2.24) is 4.90 Å². The zero-order valence-electron chi connectivity index (χ0n) is 11.2. The summed E-state index contributed by atoms with van der Waals surface area (Å²) >= 11 is 0. The summed E-state index contributed by atoms with van der Waals surface area (Å²) in [6, 6.07) is -0.625. The van der Waals surface area contributed by atoms with E-state index in [1.807, 2.05) is 0 Å². The maximum atomic E-state index is 12.1. The quantitative estimate of drug-likeness (QED) is 0.780. The average Bonchev–Trinajstić information content (AvgIpc) is 2.16. The Morgan fingerprint density at radius 2 is 1.83 bits per heavy atom. The molecule has 0 aromatic rings. The van der Waals surface area contributed by atoms with Crippen LogP contribution in [0.25, 0.3) is 0 Å². The molecule has 3 atom stereocenters. The predicted octanol–water partition coefficient (Wildman–Crippen LogP) is 2.25. The molecule has 3 unspecified atom stereocenters. The number of fused-ring (bicyclic) bond motifs is 1. The first kappa shape index (κ1) is 13.2. The summed E-state index contributed by atoms with van der Waals surface area (Å²) in [6.45, 7) is 5.37. The van der Waals surface area contributed by atoms with Crippen LogP contribution in [-0.4, -0.2) is 39.8 Å². The van der Waals surface area contributed by atoms with Gasteiger partial charge in [-0.2, -0.15) is 0 Å². The van der Waals surface area contributed by atoms with Gasteiger partial charge >= 0.3 is 12.1 Å². The fourth-order valence-corrected chi connectivity index (χ4v) is 3.03. The van der Waals surface area contributed by atoms with E-state index in [1.165, 1.54) is 4.90 Å². The first-order chi connectivity index (χ1) is 8.31. The molecule has 102 valence electrons. The van der Waals surface area contributed by atoms with Gasteiger partial charge in [-0.25, -0.2) is 9.59 Å². The minimum Gasteiger partial charge on any atom is -0.480 e. The van der Waals surface area contributed by atoms with Gasteiger partial charge < -0.3 is 9.84 Å². The zero-order chi connectivity index (χ0) is 13.5. The Kier molecular flexibility index (Phi) is 3.25. The minimum atomic E-state index is -0.913. The molecule has 2 fully saturated rings. The molecule has 2 rings (SSSR count). The molecule has 0 aromatic heterocycles. The Morgan fingerprint density at radius 1 is 1.22 bits per heavy atom. The molecule has 18 heavy (non-hydrogen) atoms. The summed E-state index contributed by atoms with van der Waals surface area (Å²) in [7, 11) is 0. The lowest BCUT2D eigenvalue weighted by Crippen LogP contribution is -2.69. The number of nitrogens with zero attached hydrogens (tertiary/aromatic N) is 1. The molecule has 1 saturated heterocycles. The highest BCUT2D eigenvalue weighted by Gasteiger charge is 2.56. The van der Waals surface area contributed by atoms with Crippen LogP contribution in [0, 0.1) is 5.92 Å². The second kappa shape index (κ2) is 4.44. The number of amides is 1. The molecule has 0 bridgehead atoms. The monoisotopic (exact) mass is 255 g/mol. The van der Waals surface area contributed by atoms with Gasteiger partial charge in [0, 0.05) is 12.0 Å². The second-order valence-electron chi connectivity index (χ2n) is 6.19. The van der Waals surface area contributed by atoms with Gasteiger partial charge in [0.25, 0.3) is 0 Å². The lowest BCUT2D eigenvalue weighted by Gasteiger charge is -2.54. The van der Waals surface area contributed by atoms with Gasteiger partial charge in [-0.05, 0) is 33.6 Å². The summed E-state index contributed by atoms with van der Waals surface area (Å²) in [5, 5.41) is 9.24. The third-order valence-corrected chi connectivity index (χ3v) is 3.70. The number of carbonyl (C=O) groups excluding carboxylic acids is 1. The summed E-state index contributed by atoms with van der Waals surface area (Å²) in [5.74, 6) is -0.798. The number of carboxylic acid groups (broad SMARTS) is 1. The van der Waals surface area contributed by atoms with E-state index in [1.54, 1.807) is 20.8 Å². The molecule has 1 saturated carbocycles. The van der Waals surface area contributed by atoms with Crippen LogP contribution in [0.2, 0.25) is 0 Å². The van der Waals surface area contributed by atoms with E-state index in [0.717, 1.165) is 25.7 Å². The fourth-order valence-electron chi connectivity index (χ4n) is 3.03. The van der Waals surface area contributed by atoms with E-state index in [-0.39, 0.29) is 12.0 Å². The highest BCUT2D eigenvalue weighted by atomic mass is 16.6. The number of aliphatic carboxylic acids is 1. The SMILES string of the molecule is CC(C)(C)OC(=O)N1C2CCCCC2C1C(=O)O. The number of likely N-dealkylation sites (tertiary alicyclic amines) is 1. The van der Waals surface area contributed by atoms with Crippen LogP contribution >= 0.6 is 0 Å². The van der Waals surface area contributed by atoms with Crippen molar-refractivity contribution in [2.45, 2.75) is 64.1 Å². The smallest absolute Gasteiger partial charge is 0.411 e. The lowest BCUT2D eigenvalue weighted by atomic mass is 9.71. The number of ether oxygens (including phenoxy) is 1. The normalized spacial score (nSPS) is 31.3. The van der Waals surface area contributed by atoms with E-state index >= 15 is 0 Å². The summed E-state index contributed by atoms with van der Waals surface area (Å²) < 4.78 is 5.29. The second-order valence-corrected chi connectivity index (χ2v) is 6.19. The number of hydrogen-bond donors (Lipinski definition) is 1. The molecule has 2 aliphatic rings. The van der Waals surface area contributed by atoms with Crippen molar-refractivity contribution >= 4 is 12.1 Å². The van der Waals surface area contributed by atoms with Crippen LogP contribution in [0.3, 0.4) is 0 Å². The van der Waals surface area contributed by atoms with Gasteiger partial charge in [-0.3, -0.25) is 4.90 Å². The highest BCUT2D eigenvalue weighted by Crippen LogP contribution is 2.43. The molecule has 1 amide bonds. The topological polar surface area (TPSA) is 66.8 Å². The first-order valence-corrected chi connectivity index (χ1v) is 6.55. The Hall–Kier alpha value is -1.26. The van der Waals surface area contributed by atoms with Gasteiger partial charge in [-0.1, -0.05) is 12.8 Å². The van der Waals surface area contributed by atoms with Gasteiger partial charge in [-0.15, -0.1) is 0 Å². The van der Waals surface area contributed by atoms with Crippen LogP contribution in [0.4, 0.5) is 4.79 Å². The molecule has 0 radical (unpaired) electrons. The number of carbonyl (C=O) groups is 2. The molecule has 1 N–H and O–H groups in total. The Labute approximate surface area is 107 Å². The largest absolute Gasteiger partial charge is 0.480 e. The van der Waals surface area contributed by atoms with Crippen molar-refractivity contribution in [2.75, 3.05) is 0 Å². The minimum absolute atomic E-state index is 0.0645. The van der Waals surface area contributed by atoms with Crippen molar-refractivity contribution in [3.8, 4) is 0 Å². The van der Waals surface area contributed by atoms with E-state index in [4.69, 9.17) is 4.74 Å². The molecule has 1 aliphatic heterocycles. The van der Waals surface area contributed by atoms with Crippen LogP contribution in [0.1, 0.15) is 46.5 Å². The highest BCUT2D eigenvalue weighted by molar-refractivity contribution is 5.83. The molecular weight excluding hydrogens is 234 g/mol. The zero-order valence-corrected chi connectivity index (χ0v) is 11.2. The number of rotatable bonds is 1. The maximum absolute atomic E-state index is 12.1. The van der Waals surface area contributed by atoms with Crippen molar-refractivity contribution in [1.29, 1.82) is 0 Å². The molecule has 5 heteroatoms. The average molecular weight is 255 g/mol. The van der Waals surface area contributed by atoms with Crippen LogP contribution in [0.15, 0.2) is 0 Å². The van der Waals surface area contributed by atoms with Gasteiger partial charge in [0.2, 0.25) is 0 Å². The van der Waals surface area contributed by atoms with Crippen molar-refractivity contribution < 1.29 is 19.4 Å². The molecule has 0 aromatic carbocycles. The van der Waals surface area contributed by atoms with Crippen molar-refractivity contribution in [2.24, 2.45) is 5.92 Å². The van der Waals surface area contributed by atoms with Crippen LogP contribution < -0.4 is 0 Å². The molecule has 0 spiro atoms. The predicted molar refractivity (Wildman–Crippen MR) is 65.2 cm³/mol. The third kappa shape index (κ3) is 2.31. The molecule has 1 aliphatic carbocycles. The summed E-state index contributed by atoms with van der Waals surface area (Å²) in [4.78, 5) is 24.7. The Balaban J connectivity index is 2.10. The third-order valence-electron chi connectivity index (χ3n) is 3.70. The molecular formula is C13H21NO4. The molecule has 5 nitrogen and oxygen atoms in total.